The van der Waals surface area contributed by atoms with Gasteiger partial charge in [-0.05, 0) is 79.2 Å². The van der Waals surface area contributed by atoms with Crippen LogP contribution in [0, 0.1) is 0 Å². The van der Waals surface area contributed by atoms with Gasteiger partial charge in [-0.2, -0.15) is 0 Å². The van der Waals surface area contributed by atoms with E-state index in [9.17, 15) is 14.4 Å². The van der Waals surface area contributed by atoms with E-state index < -0.39 is 17.1 Å². The number of anilines is 1. The Balaban J connectivity index is 1.22. The average molecular weight is 686 g/mol. The number of hydrogen-bond donors (Lipinski definition) is 2. The zero-order chi connectivity index (χ0) is 35.2. The van der Waals surface area contributed by atoms with Gasteiger partial charge in [0.2, 0.25) is 11.7 Å². The molecule has 6 rings (SSSR count). The Bertz CT molecular complexity index is 2150. The van der Waals surface area contributed by atoms with Crippen molar-refractivity contribution in [3.63, 3.8) is 0 Å². The first kappa shape index (κ1) is 33.9. The highest BCUT2D eigenvalue weighted by molar-refractivity contribution is 8.00. The molecule has 1 atom stereocenters. The lowest BCUT2D eigenvalue weighted by Gasteiger charge is -2.15. The van der Waals surface area contributed by atoms with Crippen LogP contribution in [-0.4, -0.2) is 48.9 Å². The summed E-state index contributed by atoms with van der Waals surface area (Å²) < 4.78 is 18.2. The Morgan fingerprint density at radius 2 is 1.28 bits per heavy atom. The highest BCUT2D eigenvalue weighted by Crippen LogP contribution is 2.39. The highest BCUT2D eigenvalue weighted by atomic mass is 32.2. The Hall–Kier alpha value is -6.00. The summed E-state index contributed by atoms with van der Waals surface area (Å²) >= 11 is 1.43. The van der Waals surface area contributed by atoms with E-state index in [0.717, 1.165) is 26.7 Å². The number of hydrogen-bond acceptors (Lipinski definition) is 7. The van der Waals surface area contributed by atoms with E-state index >= 15 is 0 Å². The van der Waals surface area contributed by atoms with Crippen molar-refractivity contribution in [2.24, 2.45) is 0 Å². The molecule has 0 aliphatic heterocycles. The SMILES string of the molecule is COc1cc(/C=C(\NC(=O)c2ccccc2)C(=O)Nc2ccc(SC(C)C(=O)n3c4ccccc4c4ccccc43)cc2)cc(OC)c1OC. The third-order valence-electron chi connectivity index (χ3n) is 8.10. The zero-order valence-electron chi connectivity index (χ0n) is 27.9. The van der Waals surface area contributed by atoms with Gasteiger partial charge < -0.3 is 24.8 Å². The fourth-order valence-corrected chi connectivity index (χ4v) is 6.61. The number of nitrogens with one attached hydrogen (secondary N) is 2. The molecule has 2 N–H and O–H groups in total. The van der Waals surface area contributed by atoms with Crippen molar-refractivity contribution >= 4 is 63.1 Å². The van der Waals surface area contributed by atoms with Gasteiger partial charge in [-0.15, -0.1) is 11.8 Å². The van der Waals surface area contributed by atoms with Crippen LogP contribution >= 0.6 is 11.8 Å². The molecule has 0 aliphatic carbocycles. The molecule has 50 heavy (non-hydrogen) atoms. The fourth-order valence-electron chi connectivity index (χ4n) is 5.71. The number of nitrogens with zero attached hydrogens (tertiary/aromatic N) is 1. The summed E-state index contributed by atoms with van der Waals surface area (Å²) in [5.41, 5.74) is 3.18. The smallest absolute Gasteiger partial charge is 0.272 e. The van der Waals surface area contributed by atoms with Gasteiger partial charge in [-0.3, -0.25) is 19.0 Å². The number of thioether (sulfide) groups is 1. The second kappa shape index (κ2) is 15.0. The van der Waals surface area contributed by atoms with Gasteiger partial charge in [0.05, 0.1) is 37.6 Å². The maximum atomic E-state index is 13.8. The monoisotopic (exact) mass is 685 g/mol. The lowest BCUT2D eigenvalue weighted by Crippen LogP contribution is -2.30. The quantitative estimate of drug-likeness (QED) is 0.105. The number of para-hydroxylation sites is 2. The molecule has 10 heteroatoms. The van der Waals surface area contributed by atoms with Crippen LogP contribution in [0.1, 0.15) is 27.6 Å². The summed E-state index contributed by atoms with van der Waals surface area (Å²) in [6.45, 7) is 1.89. The number of methoxy groups -OCH3 is 3. The standard InChI is InChI=1S/C40H35N3O6S/c1-25(40(46)43-33-16-10-8-14-30(33)31-15-9-11-17-34(31)43)50-29-20-18-28(19-21-29)41-39(45)32(42-38(44)27-12-6-5-7-13-27)22-26-23-35(47-2)37(49-4)36(24-26)48-3/h5-25H,1-4H3,(H,41,45)(H,42,44)/b32-22-. The number of aromatic nitrogens is 1. The highest BCUT2D eigenvalue weighted by Gasteiger charge is 2.22. The van der Waals surface area contributed by atoms with Crippen LogP contribution in [0.3, 0.4) is 0 Å². The topological polar surface area (TPSA) is 108 Å². The molecule has 1 unspecified atom stereocenters. The van der Waals surface area contributed by atoms with E-state index in [1.54, 1.807) is 59.2 Å². The van der Waals surface area contributed by atoms with Crippen molar-refractivity contribution in [1.82, 2.24) is 9.88 Å². The predicted molar refractivity (Wildman–Crippen MR) is 198 cm³/mol. The molecule has 9 nitrogen and oxygen atoms in total. The molecule has 0 fully saturated rings. The molecule has 6 aromatic rings. The summed E-state index contributed by atoms with van der Waals surface area (Å²) in [5.74, 6) is 0.167. The average Bonchev–Trinajstić information content (AvgIpc) is 3.49. The van der Waals surface area contributed by atoms with Crippen LogP contribution in [0.2, 0.25) is 0 Å². The van der Waals surface area contributed by atoms with E-state index in [2.05, 4.69) is 10.6 Å². The molecule has 0 radical (unpaired) electrons. The van der Waals surface area contributed by atoms with Crippen molar-refractivity contribution in [2.45, 2.75) is 17.1 Å². The molecular weight excluding hydrogens is 651 g/mol. The van der Waals surface area contributed by atoms with Crippen LogP contribution in [0.25, 0.3) is 27.9 Å². The number of benzene rings is 5. The molecule has 0 aliphatic rings. The molecule has 5 aromatic carbocycles. The predicted octanol–water partition coefficient (Wildman–Crippen LogP) is 8.05. The maximum absolute atomic E-state index is 13.8. The normalized spacial score (nSPS) is 12.0. The van der Waals surface area contributed by atoms with E-state index in [-0.39, 0.29) is 11.6 Å². The molecule has 252 valence electrons. The molecule has 0 saturated heterocycles. The minimum absolute atomic E-state index is 0.00280. The van der Waals surface area contributed by atoms with E-state index in [0.29, 0.717) is 34.1 Å². The van der Waals surface area contributed by atoms with Gasteiger partial charge in [0.1, 0.15) is 5.70 Å². The summed E-state index contributed by atoms with van der Waals surface area (Å²) in [7, 11) is 4.50. The molecular formula is C40H35N3O6S. The van der Waals surface area contributed by atoms with Gasteiger partial charge in [0.15, 0.2) is 11.5 Å². The molecule has 0 saturated carbocycles. The number of amides is 2. The number of fused-ring (bicyclic) bond motifs is 3. The number of carbonyl (C=O) groups excluding carboxylic acids is 3. The van der Waals surface area contributed by atoms with E-state index in [1.807, 2.05) is 67.6 Å². The number of ether oxygens (including phenoxy) is 3. The van der Waals surface area contributed by atoms with Crippen molar-refractivity contribution in [3.05, 3.63) is 132 Å². The summed E-state index contributed by atoms with van der Waals surface area (Å²) in [4.78, 5) is 41.5. The molecule has 0 spiro atoms. The van der Waals surface area contributed by atoms with Gasteiger partial charge in [0, 0.05) is 26.9 Å². The molecule has 1 aromatic heterocycles. The Labute approximate surface area is 293 Å². The first-order valence-electron chi connectivity index (χ1n) is 15.8. The molecule has 0 bridgehead atoms. The van der Waals surface area contributed by atoms with Crippen LogP contribution < -0.4 is 24.8 Å². The van der Waals surface area contributed by atoms with Gasteiger partial charge in [0.25, 0.3) is 11.8 Å². The van der Waals surface area contributed by atoms with Gasteiger partial charge in [-0.25, -0.2) is 0 Å². The second-order valence-electron chi connectivity index (χ2n) is 11.3. The second-order valence-corrected chi connectivity index (χ2v) is 12.7. The van der Waals surface area contributed by atoms with Crippen LogP contribution in [-0.2, 0) is 4.79 Å². The van der Waals surface area contributed by atoms with Gasteiger partial charge >= 0.3 is 0 Å². The lowest BCUT2D eigenvalue weighted by molar-refractivity contribution is -0.113. The Morgan fingerprint density at radius 3 is 1.84 bits per heavy atom. The minimum atomic E-state index is -0.543. The number of carbonyl (C=O) groups is 3. The Morgan fingerprint density at radius 1 is 0.720 bits per heavy atom. The molecule has 1 heterocycles. The van der Waals surface area contributed by atoms with E-state index in [4.69, 9.17) is 14.2 Å². The Kier molecular flexibility index (Phi) is 10.2. The zero-order valence-corrected chi connectivity index (χ0v) is 28.7. The lowest BCUT2D eigenvalue weighted by atomic mass is 10.1. The first-order chi connectivity index (χ1) is 24.3. The van der Waals surface area contributed by atoms with Crippen LogP contribution in [0.5, 0.6) is 17.2 Å². The van der Waals surface area contributed by atoms with E-state index in [1.165, 1.54) is 39.2 Å². The minimum Gasteiger partial charge on any atom is -0.493 e. The molecule has 2 amide bonds. The van der Waals surface area contributed by atoms with Crippen molar-refractivity contribution < 1.29 is 28.6 Å². The summed E-state index contributed by atoms with van der Waals surface area (Å²) in [6.07, 6.45) is 1.53. The first-order valence-corrected chi connectivity index (χ1v) is 16.7. The number of rotatable bonds is 11. The van der Waals surface area contributed by atoms with Crippen molar-refractivity contribution in [1.29, 1.82) is 0 Å². The maximum Gasteiger partial charge on any atom is 0.272 e. The van der Waals surface area contributed by atoms with Crippen molar-refractivity contribution in [2.75, 3.05) is 26.6 Å². The third kappa shape index (κ3) is 7.06. The third-order valence-corrected chi connectivity index (χ3v) is 9.20. The van der Waals surface area contributed by atoms with Gasteiger partial charge in [-0.1, -0.05) is 54.6 Å². The fraction of sp³-hybridized carbons (Fsp3) is 0.125. The van der Waals surface area contributed by atoms with Crippen LogP contribution in [0.15, 0.2) is 126 Å². The summed E-state index contributed by atoms with van der Waals surface area (Å²) in [6, 6.07) is 35.0. The largest absolute Gasteiger partial charge is 0.493 e. The van der Waals surface area contributed by atoms with Crippen molar-refractivity contribution in [3.8, 4) is 17.2 Å². The summed E-state index contributed by atoms with van der Waals surface area (Å²) in [5, 5.41) is 7.30. The van der Waals surface area contributed by atoms with Crippen LogP contribution in [0.4, 0.5) is 5.69 Å².